The summed E-state index contributed by atoms with van der Waals surface area (Å²) in [5, 5.41) is 2.52. The molecule has 0 saturated heterocycles. The van der Waals surface area contributed by atoms with E-state index in [-0.39, 0.29) is 11.8 Å². The van der Waals surface area contributed by atoms with Gasteiger partial charge in [-0.25, -0.2) is 0 Å². The van der Waals surface area contributed by atoms with Crippen molar-refractivity contribution in [2.24, 2.45) is 0 Å². The average molecular weight is 269 g/mol. The number of hydrogen-bond acceptors (Lipinski definition) is 2. The van der Waals surface area contributed by atoms with Crippen molar-refractivity contribution in [3.8, 4) is 0 Å². The fourth-order valence-corrected chi connectivity index (χ4v) is 1.67. The number of nitrogens with one attached hydrogen (secondary N) is 1. The van der Waals surface area contributed by atoms with Gasteiger partial charge >= 0.3 is 0 Å². The smallest absolute Gasteiger partial charge is 0.253 e. The highest BCUT2D eigenvalue weighted by Crippen LogP contribution is 2.10. The number of rotatable bonds is 5. The van der Waals surface area contributed by atoms with Crippen LogP contribution in [0.3, 0.4) is 0 Å². The molecule has 4 nitrogen and oxygen atoms in total. The van der Waals surface area contributed by atoms with E-state index in [2.05, 4.69) is 5.32 Å². The van der Waals surface area contributed by atoms with E-state index in [1.165, 1.54) is 4.90 Å². The monoisotopic (exact) mass is 268 g/mol. The molecule has 0 aromatic heterocycles. The lowest BCUT2D eigenvalue weighted by Gasteiger charge is -2.17. The molecule has 1 aromatic rings. The molecule has 5 heteroatoms. The molecular weight excluding hydrogens is 252 g/mol. The van der Waals surface area contributed by atoms with Gasteiger partial charge in [-0.15, -0.1) is 11.6 Å². The first kappa shape index (κ1) is 14.5. The van der Waals surface area contributed by atoms with Crippen LogP contribution in [0, 0.1) is 0 Å². The van der Waals surface area contributed by atoms with Gasteiger partial charge in [-0.05, 0) is 17.7 Å². The third-order valence-corrected chi connectivity index (χ3v) is 2.94. The van der Waals surface area contributed by atoms with Crippen LogP contribution in [0.1, 0.15) is 22.3 Å². The minimum absolute atomic E-state index is 0.0795. The lowest BCUT2D eigenvalue weighted by molar-refractivity contribution is -0.120. The molecule has 98 valence electrons. The number of nitrogens with zero attached hydrogens (tertiary/aromatic N) is 1. The molecule has 1 rings (SSSR count). The van der Waals surface area contributed by atoms with E-state index in [0.717, 1.165) is 5.56 Å². The fourth-order valence-electron chi connectivity index (χ4n) is 1.50. The molecule has 0 bridgehead atoms. The van der Waals surface area contributed by atoms with Crippen molar-refractivity contribution in [1.82, 2.24) is 10.2 Å². The Morgan fingerprint density at radius 1 is 1.39 bits per heavy atom. The third kappa shape index (κ3) is 4.04. The van der Waals surface area contributed by atoms with Gasteiger partial charge in [0.05, 0.1) is 0 Å². The first-order valence-corrected chi connectivity index (χ1v) is 6.23. The van der Waals surface area contributed by atoms with Crippen LogP contribution in [-0.4, -0.2) is 37.4 Å². The van der Waals surface area contributed by atoms with Crippen molar-refractivity contribution in [2.45, 2.75) is 12.3 Å². The van der Waals surface area contributed by atoms with Gasteiger partial charge in [-0.2, -0.15) is 0 Å². The lowest BCUT2D eigenvalue weighted by Crippen LogP contribution is -2.31. The molecule has 1 N–H and O–H groups in total. The summed E-state index contributed by atoms with van der Waals surface area (Å²) in [6.45, 7) is 0.392. The quantitative estimate of drug-likeness (QED) is 0.826. The van der Waals surface area contributed by atoms with Crippen LogP contribution in [0.5, 0.6) is 0 Å². The normalized spacial score (nSPS) is 9.94. The minimum Gasteiger partial charge on any atom is -0.359 e. The Balaban J connectivity index is 2.65. The van der Waals surface area contributed by atoms with Crippen LogP contribution < -0.4 is 5.32 Å². The van der Waals surface area contributed by atoms with E-state index >= 15 is 0 Å². The average Bonchev–Trinajstić information content (AvgIpc) is 2.43. The topological polar surface area (TPSA) is 49.4 Å². The number of halogens is 1. The first-order valence-electron chi connectivity index (χ1n) is 5.69. The summed E-state index contributed by atoms with van der Waals surface area (Å²) in [7, 11) is 3.26. The van der Waals surface area contributed by atoms with Crippen molar-refractivity contribution in [1.29, 1.82) is 0 Å². The Morgan fingerprint density at radius 3 is 2.72 bits per heavy atom. The second kappa shape index (κ2) is 7.01. The molecule has 2 amide bonds. The van der Waals surface area contributed by atoms with Gasteiger partial charge in [0.2, 0.25) is 5.91 Å². The van der Waals surface area contributed by atoms with Crippen LogP contribution in [0.25, 0.3) is 0 Å². The summed E-state index contributed by atoms with van der Waals surface area (Å²) < 4.78 is 0. The molecule has 0 atom stereocenters. The number of amides is 2. The second-order valence-electron chi connectivity index (χ2n) is 3.98. The van der Waals surface area contributed by atoms with Crippen molar-refractivity contribution >= 4 is 23.4 Å². The number of carbonyl (C=O) groups excluding carboxylic acids is 2. The van der Waals surface area contributed by atoms with Crippen LogP contribution in [0.2, 0.25) is 0 Å². The Bertz CT molecular complexity index is 435. The summed E-state index contributed by atoms with van der Waals surface area (Å²) in [6.07, 6.45) is 0.300. The van der Waals surface area contributed by atoms with Crippen LogP contribution in [0.4, 0.5) is 0 Å². The second-order valence-corrected chi connectivity index (χ2v) is 4.25. The standard InChI is InChI=1S/C13H17ClN2O2/c1-15-12(17)6-7-16(2)13(18)11-5-3-4-10(8-11)9-14/h3-5,8H,6-7,9H2,1-2H3,(H,15,17). The Morgan fingerprint density at radius 2 is 2.11 bits per heavy atom. The third-order valence-electron chi connectivity index (χ3n) is 2.63. The van der Waals surface area contributed by atoms with Gasteiger partial charge in [-0.1, -0.05) is 12.1 Å². The van der Waals surface area contributed by atoms with Crippen LogP contribution >= 0.6 is 11.6 Å². The molecule has 0 radical (unpaired) electrons. The minimum atomic E-state index is -0.106. The maximum Gasteiger partial charge on any atom is 0.253 e. The molecule has 0 aliphatic carbocycles. The Kier molecular flexibility index (Phi) is 5.65. The summed E-state index contributed by atoms with van der Waals surface area (Å²) in [4.78, 5) is 24.7. The highest BCUT2D eigenvalue weighted by Gasteiger charge is 2.12. The van der Waals surface area contributed by atoms with Crippen molar-refractivity contribution < 1.29 is 9.59 Å². The number of hydrogen-bond donors (Lipinski definition) is 1. The van der Waals surface area contributed by atoms with Gasteiger partial charge in [0.25, 0.3) is 5.91 Å². The molecule has 0 fully saturated rings. The number of benzene rings is 1. The zero-order valence-electron chi connectivity index (χ0n) is 10.6. The van der Waals surface area contributed by atoms with E-state index in [4.69, 9.17) is 11.6 Å². The molecular formula is C13H17ClN2O2. The van der Waals surface area contributed by atoms with Gasteiger partial charge < -0.3 is 10.2 Å². The van der Waals surface area contributed by atoms with E-state index < -0.39 is 0 Å². The summed E-state index contributed by atoms with van der Waals surface area (Å²) in [6, 6.07) is 7.19. The maximum atomic E-state index is 12.1. The molecule has 18 heavy (non-hydrogen) atoms. The largest absolute Gasteiger partial charge is 0.359 e. The zero-order valence-corrected chi connectivity index (χ0v) is 11.3. The van der Waals surface area contributed by atoms with Crippen LogP contribution in [-0.2, 0) is 10.7 Å². The SMILES string of the molecule is CNC(=O)CCN(C)C(=O)c1cccc(CCl)c1. The van der Waals surface area contributed by atoms with Gasteiger partial charge in [0.15, 0.2) is 0 Å². The molecule has 0 heterocycles. The Labute approximate surface area is 112 Å². The predicted molar refractivity (Wildman–Crippen MR) is 71.6 cm³/mol. The van der Waals surface area contributed by atoms with Crippen LogP contribution in [0.15, 0.2) is 24.3 Å². The van der Waals surface area contributed by atoms with Crippen molar-refractivity contribution in [2.75, 3.05) is 20.6 Å². The summed E-state index contributed by atoms with van der Waals surface area (Å²) in [5.74, 6) is 0.193. The van der Waals surface area contributed by atoms with Gasteiger partial charge in [0.1, 0.15) is 0 Å². The highest BCUT2D eigenvalue weighted by atomic mass is 35.5. The Hall–Kier alpha value is -1.55. The number of carbonyl (C=O) groups is 2. The van der Waals surface area contributed by atoms with Gasteiger partial charge in [0, 0.05) is 38.5 Å². The molecule has 0 aliphatic heterocycles. The highest BCUT2D eigenvalue weighted by molar-refractivity contribution is 6.17. The fraction of sp³-hybridized carbons (Fsp3) is 0.385. The lowest BCUT2D eigenvalue weighted by atomic mass is 10.1. The van der Waals surface area contributed by atoms with E-state index in [1.54, 1.807) is 32.3 Å². The predicted octanol–water partition coefficient (Wildman–Crippen LogP) is 1.63. The molecule has 0 unspecified atom stereocenters. The van der Waals surface area contributed by atoms with E-state index in [1.807, 2.05) is 6.07 Å². The van der Waals surface area contributed by atoms with E-state index in [9.17, 15) is 9.59 Å². The summed E-state index contributed by atoms with van der Waals surface area (Å²) in [5.41, 5.74) is 1.50. The molecule has 0 saturated carbocycles. The molecule has 0 spiro atoms. The zero-order chi connectivity index (χ0) is 13.5. The van der Waals surface area contributed by atoms with Crippen molar-refractivity contribution in [3.63, 3.8) is 0 Å². The first-order chi connectivity index (χ1) is 8.58. The van der Waals surface area contributed by atoms with Gasteiger partial charge in [-0.3, -0.25) is 9.59 Å². The molecule has 1 aromatic carbocycles. The maximum absolute atomic E-state index is 12.1. The summed E-state index contributed by atoms with van der Waals surface area (Å²) >= 11 is 5.73. The van der Waals surface area contributed by atoms with Crippen molar-refractivity contribution in [3.05, 3.63) is 35.4 Å². The number of alkyl halides is 1. The molecule has 0 aliphatic rings. The van der Waals surface area contributed by atoms with E-state index in [0.29, 0.717) is 24.4 Å².